The predicted molar refractivity (Wildman–Crippen MR) is 148 cm³/mol. The standard InChI is InChI=1S/C29H42FNO4S2/c1-20(17-22(30)18-28(2,3)35-19-34-5)23-12-13-24-21(9-8-15-29(23,24)4)14-16-37(32,33)27-31-25-10-6-7-11-26(25)36-27/h6-7,10-11,14,20,22-24H,8-9,12-13,15-19H2,1-5H3/t20-,22-,23-,24+,29-/m1/s1. The molecular weight excluding hydrogens is 509 g/mol. The van der Waals surface area contributed by atoms with E-state index in [0.717, 1.165) is 42.3 Å². The van der Waals surface area contributed by atoms with Crippen molar-refractivity contribution in [3.8, 4) is 0 Å². The molecule has 2 aliphatic rings. The van der Waals surface area contributed by atoms with E-state index in [2.05, 4.69) is 18.8 Å². The second-order valence-corrected chi connectivity index (χ2v) is 15.2. The lowest BCUT2D eigenvalue weighted by molar-refractivity contribution is -0.124. The van der Waals surface area contributed by atoms with Crippen LogP contribution < -0.4 is 0 Å². The van der Waals surface area contributed by atoms with Gasteiger partial charge in [-0.15, -0.1) is 11.3 Å². The molecule has 1 heterocycles. The van der Waals surface area contributed by atoms with Gasteiger partial charge in [0.25, 0.3) is 0 Å². The molecule has 2 aliphatic carbocycles. The Balaban J connectivity index is 1.42. The number of aromatic nitrogens is 1. The number of hydrogen-bond acceptors (Lipinski definition) is 6. The van der Waals surface area contributed by atoms with Gasteiger partial charge >= 0.3 is 0 Å². The first-order valence-electron chi connectivity index (χ1n) is 13.5. The minimum Gasteiger partial charge on any atom is -0.359 e. The maximum absolute atomic E-state index is 15.1. The minimum absolute atomic E-state index is 0.00192. The van der Waals surface area contributed by atoms with Crippen LogP contribution in [0.4, 0.5) is 4.39 Å². The summed E-state index contributed by atoms with van der Waals surface area (Å²) in [4.78, 5) is 4.38. The minimum atomic E-state index is -3.48. The quantitative estimate of drug-likeness (QED) is 0.216. The van der Waals surface area contributed by atoms with Gasteiger partial charge in [-0.3, -0.25) is 0 Å². The number of fused-ring (bicyclic) bond motifs is 2. The summed E-state index contributed by atoms with van der Waals surface area (Å²) >= 11 is 1.25. The van der Waals surface area contributed by atoms with Crippen molar-refractivity contribution in [1.82, 2.24) is 4.98 Å². The molecule has 0 aliphatic heterocycles. The molecule has 8 heteroatoms. The van der Waals surface area contributed by atoms with Crippen molar-refractivity contribution in [2.24, 2.45) is 23.2 Å². The zero-order valence-corrected chi connectivity index (χ0v) is 24.5. The monoisotopic (exact) mass is 551 g/mol. The van der Waals surface area contributed by atoms with Gasteiger partial charge in [-0.05, 0) is 87.7 Å². The fourth-order valence-corrected chi connectivity index (χ4v) is 9.48. The van der Waals surface area contributed by atoms with Gasteiger partial charge in [-0.25, -0.2) is 17.8 Å². The molecule has 0 unspecified atom stereocenters. The Morgan fingerprint density at radius 3 is 2.78 bits per heavy atom. The maximum atomic E-state index is 15.1. The third kappa shape index (κ3) is 6.45. The van der Waals surface area contributed by atoms with Crippen LogP contribution in [0.5, 0.6) is 0 Å². The van der Waals surface area contributed by atoms with Crippen LogP contribution in [0.2, 0.25) is 0 Å². The van der Waals surface area contributed by atoms with Crippen molar-refractivity contribution in [3.05, 3.63) is 35.9 Å². The fourth-order valence-electron chi connectivity index (χ4n) is 6.99. The lowest BCUT2D eigenvalue weighted by atomic mass is 9.60. The van der Waals surface area contributed by atoms with Gasteiger partial charge < -0.3 is 9.47 Å². The number of ether oxygens (including phenoxy) is 2. The highest BCUT2D eigenvalue weighted by Crippen LogP contribution is 2.60. The molecule has 1 aromatic heterocycles. The summed E-state index contributed by atoms with van der Waals surface area (Å²) in [7, 11) is -1.90. The van der Waals surface area contributed by atoms with E-state index in [9.17, 15) is 8.42 Å². The molecule has 4 rings (SSSR count). The molecular formula is C29H42FNO4S2. The van der Waals surface area contributed by atoms with Crippen LogP contribution in [-0.4, -0.2) is 44.8 Å². The zero-order chi connectivity index (χ0) is 26.8. The van der Waals surface area contributed by atoms with Gasteiger partial charge in [0, 0.05) is 13.5 Å². The van der Waals surface area contributed by atoms with Crippen LogP contribution in [0, 0.1) is 23.2 Å². The van der Waals surface area contributed by atoms with E-state index in [1.807, 2.05) is 44.2 Å². The number of allylic oxidation sites excluding steroid dienone is 1. The molecule has 2 aromatic rings. The molecule has 0 N–H and O–H groups in total. The van der Waals surface area contributed by atoms with E-state index < -0.39 is 21.6 Å². The number of hydrogen-bond donors (Lipinski definition) is 0. The van der Waals surface area contributed by atoms with Gasteiger partial charge in [-0.1, -0.05) is 37.6 Å². The summed E-state index contributed by atoms with van der Waals surface area (Å²) < 4.78 is 53.2. The molecule has 2 saturated carbocycles. The summed E-state index contributed by atoms with van der Waals surface area (Å²) in [6.07, 6.45) is 7.17. The van der Waals surface area contributed by atoms with E-state index >= 15 is 4.39 Å². The SMILES string of the molecule is COCOC(C)(C)C[C@H](F)C[C@@H](C)[C@H]1CC[C@H]2C(=CCS(=O)(=O)c3nc4ccccc4s3)CCC[C@]12C. The number of nitrogens with zero attached hydrogens (tertiary/aromatic N) is 1. The van der Waals surface area contributed by atoms with Gasteiger partial charge in [-0.2, -0.15) is 0 Å². The first-order valence-corrected chi connectivity index (χ1v) is 16.0. The Bertz CT molecular complexity index is 1170. The molecule has 0 amide bonds. The molecule has 0 bridgehead atoms. The average Bonchev–Trinajstić information content (AvgIpc) is 3.43. The fraction of sp³-hybridized carbons (Fsp3) is 0.690. The average molecular weight is 552 g/mol. The van der Waals surface area contributed by atoms with Crippen LogP contribution in [0.3, 0.4) is 0 Å². The van der Waals surface area contributed by atoms with E-state index in [4.69, 9.17) is 9.47 Å². The summed E-state index contributed by atoms with van der Waals surface area (Å²) in [6, 6.07) is 7.54. The van der Waals surface area contributed by atoms with Gasteiger partial charge in [0.1, 0.15) is 13.0 Å². The van der Waals surface area contributed by atoms with Crippen LogP contribution in [0.25, 0.3) is 10.2 Å². The molecule has 2 fully saturated rings. The predicted octanol–water partition coefficient (Wildman–Crippen LogP) is 7.37. The number of para-hydroxylation sites is 1. The third-order valence-corrected chi connectivity index (χ3v) is 11.8. The lowest BCUT2D eigenvalue weighted by Gasteiger charge is -2.44. The van der Waals surface area contributed by atoms with Crippen LogP contribution in [0.1, 0.15) is 72.6 Å². The second kappa shape index (κ2) is 11.4. The Labute approximate surface area is 225 Å². The van der Waals surface area contributed by atoms with Crippen molar-refractivity contribution in [1.29, 1.82) is 0 Å². The lowest BCUT2D eigenvalue weighted by Crippen LogP contribution is -2.37. The van der Waals surface area contributed by atoms with Crippen molar-refractivity contribution in [3.63, 3.8) is 0 Å². The molecule has 1 aromatic carbocycles. The first kappa shape index (κ1) is 28.7. The number of benzene rings is 1. The number of rotatable bonds is 11. The Morgan fingerprint density at radius 2 is 2.05 bits per heavy atom. The Morgan fingerprint density at radius 1 is 1.30 bits per heavy atom. The Hall–Kier alpha value is -1.35. The highest BCUT2D eigenvalue weighted by Gasteiger charge is 2.51. The molecule has 5 nitrogen and oxygen atoms in total. The second-order valence-electron chi connectivity index (χ2n) is 11.9. The molecule has 0 saturated heterocycles. The molecule has 5 atom stereocenters. The van der Waals surface area contributed by atoms with Gasteiger partial charge in [0.15, 0.2) is 0 Å². The summed E-state index contributed by atoms with van der Waals surface area (Å²) in [5.41, 5.74) is 1.54. The van der Waals surface area contributed by atoms with Crippen molar-refractivity contribution in [2.45, 2.75) is 88.8 Å². The summed E-state index contributed by atoms with van der Waals surface area (Å²) in [5, 5.41) is 0. The number of thiazole rings is 1. The van der Waals surface area contributed by atoms with E-state index in [1.165, 1.54) is 16.9 Å². The zero-order valence-electron chi connectivity index (χ0n) is 22.8. The number of methoxy groups -OCH3 is 1. The third-order valence-electron chi connectivity index (χ3n) is 8.74. The normalized spacial score (nSPS) is 27.5. The van der Waals surface area contributed by atoms with Crippen molar-refractivity contribution >= 4 is 31.4 Å². The summed E-state index contributed by atoms with van der Waals surface area (Å²) in [6.45, 7) is 8.55. The van der Waals surface area contributed by atoms with Gasteiger partial charge in [0.05, 0.1) is 21.6 Å². The number of halogens is 1. The van der Waals surface area contributed by atoms with Crippen molar-refractivity contribution < 1.29 is 22.3 Å². The Kier molecular flexibility index (Phi) is 8.83. The largest absolute Gasteiger partial charge is 0.359 e. The van der Waals surface area contributed by atoms with E-state index in [0.29, 0.717) is 24.7 Å². The number of alkyl halides is 1. The molecule has 0 radical (unpaired) electrons. The van der Waals surface area contributed by atoms with Crippen LogP contribution >= 0.6 is 11.3 Å². The summed E-state index contributed by atoms with van der Waals surface area (Å²) in [5.74, 6) is 1.06. The highest BCUT2D eigenvalue weighted by atomic mass is 32.2. The molecule has 37 heavy (non-hydrogen) atoms. The van der Waals surface area contributed by atoms with Gasteiger partial charge in [0.2, 0.25) is 14.2 Å². The topological polar surface area (TPSA) is 65.5 Å². The maximum Gasteiger partial charge on any atom is 0.210 e. The smallest absolute Gasteiger partial charge is 0.210 e. The van der Waals surface area contributed by atoms with E-state index in [1.54, 1.807) is 7.11 Å². The first-order chi connectivity index (χ1) is 17.4. The van der Waals surface area contributed by atoms with E-state index in [-0.39, 0.29) is 28.2 Å². The number of sulfone groups is 1. The van der Waals surface area contributed by atoms with Crippen molar-refractivity contribution in [2.75, 3.05) is 19.7 Å². The van der Waals surface area contributed by atoms with Crippen LogP contribution in [0.15, 0.2) is 40.3 Å². The molecule has 206 valence electrons. The van der Waals surface area contributed by atoms with Crippen LogP contribution in [-0.2, 0) is 19.3 Å². The highest BCUT2D eigenvalue weighted by molar-refractivity contribution is 7.93. The molecule has 0 spiro atoms.